The van der Waals surface area contributed by atoms with Crippen molar-refractivity contribution in [3.63, 3.8) is 0 Å². The van der Waals surface area contributed by atoms with Gasteiger partial charge in [-0.1, -0.05) is 19.8 Å². The fourth-order valence-electron chi connectivity index (χ4n) is 4.60. The molecule has 28 heavy (non-hydrogen) atoms. The van der Waals surface area contributed by atoms with Gasteiger partial charge in [-0.2, -0.15) is 5.26 Å². The molecule has 2 unspecified atom stereocenters. The molecule has 3 fully saturated rings. The number of amides is 3. The summed E-state index contributed by atoms with van der Waals surface area (Å²) < 4.78 is 0. The Bertz CT molecular complexity index is 813. The van der Waals surface area contributed by atoms with Crippen molar-refractivity contribution in [1.29, 1.82) is 5.26 Å². The lowest BCUT2D eigenvalue weighted by Gasteiger charge is -2.38. The fourth-order valence-corrected chi connectivity index (χ4v) is 4.60. The maximum Gasteiger partial charge on any atom is 0.326 e. The van der Waals surface area contributed by atoms with Crippen LogP contribution in [0.15, 0.2) is 18.3 Å². The van der Waals surface area contributed by atoms with Gasteiger partial charge >= 0.3 is 6.03 Å². The van der Waals surface area contributed by atoms with Crippen LogP contribution in [0.2, 0.25) is 0 Å². The molecule has 0 radical (unpaired) electrons. The quantitative estimate of drug-likeness (QED) is 0.797. The molecule has 148 valence electrons. The molecule has 1 spiro atoms. The number of rotatable bonds is 3. The number of nitriles is 1. The van der Waals surface area contributed by atoms with Crippen molar-refractivity contribution in [1.82, 2.24) is 20.1 Å². The molecule has 3 aliphatic rings. The zero-order chi connectivity index (χ0) is 19.7. The minimum Gasteiger partial charge on any atom is -0.354 e. The molecule has 8 heteroatoms. The number of piperazine rings is 1. The van der Waals surface area contributed by atoms with E-state index in [9.17, 15) is 9.59 Å². The highest BCUT2D eigenvalue weighted by Crippen LogP contribution is 2.38. The molecule has 1 aromatic rings. The third-order valence-electron chi connectivity index (χ3n) is 6.41. The summed E-state index contributed by atoms with van der Waals surface area (Å²) in [6.45, 7) is 5.36. The summed E-state index contributed by atoms with van der Waals surface area (Å²) in [5.74, 6) is 0.914. The number of hydrogen-bond acceptors (Lipinski definition) is 6. The first kappa shape index (κ1) is 18.7. The number of nitrogens with one attached hydrogen (secondary N) is 1. The number of urea groups is 1. The largest absolute Gasteiger partial charge is 0.354 e. The lowest BCUT2D eigenvalue weighted by atomic mass is 9.73. The molecule has 1 aromatic heterocycles. The topological polar surface area (TPSA) is 92.6 Å². The number of aromatic nitrogens is 1. The summed E-state index contributed by atoms with van der Waals surface area (Å²) in [5.41, 5.74) is -0.0996. The van der Waals surface area contributed by atoms with Crippen molar-refractivity contribution >= 4 is 17.8 Å². The van der Waals surface area contributed by atoms with E-state index in [0.717, 1.165) is 57.7 Å². The molecule has 1 aliphatic carbocycles. The Balaban J connectivity index is 1.38. The van der Waals surface area contributed by atoms with Crippen LogP contribution in [-0.2, 0) is 4.79 Å². The first-order chi connectivity index (χ1) is 13.5. The van der Waals surface area contributed by atoms with Crippen LogP contribution in [-0.4, -0.2) is 65.1 Å². The molecule has 3 amide bonds. The monoisotopic (exact) mass is 382 g/mol. The van der Waals surface area contributed by atoms with Crippen molar-refractivity contribution in [2.45, 2.75) is 38.1 Å². The van der Waals surface area contributed by atoms with E-state index in [1.165, 1.54) is 4.90 Å². The smallest absolute Gasteiger partial charge is 0.326 e. The van der Waals surface area contributed by atoms with Crippen LogP contribution >= 0.6 is 0 Å². The van der Waals surface area contributed by atoms with Crippen molar-refractivity contribution in [2.75, 3.05) is 37.7 Å². The van der Waals surface area contributed by atoms with Crippen molar-refractivity contribution in [3.8, 4) is 6.07 Å². The van der Waals surface area contributed by atoms with E-state index in [0.29, 0.717) is 12.2 Å². The van der Waals surface area contributed by atoms with Gasteiger partial charge in [0.1, 0.15) is 11.4 Å². The molecular formula is C20H26N6O2. The van der Waals surface area contributed by atoms with E-state index in [4.69, 9.17) is 5.26 Å². The number of nitrogens with zero attached hydrogens (tertiary/aromatic N) is 5. The standard InChI is InChI=1S/C20H26N6O2/c1-15-4-2-3-6-20(15)18(27)26(19(28)23-20)14-24-8-10-25(11-9-24)17-12-16(13-21)5-7-22-17/h5,7,12,15H,2-4,6,8-11,14H2,1H3,(H,23,28). The summed E-state index contributed by atoms with van der Waals surface area (Å²) in [6, 6.07) is 5.37. The van der Waals surface area contributed by atoms with Gasteiger partial charge in [0.2, 0.25) is 0 Å². The SMILES string of the molecule is CC1CCCCC12NC(=O)N(CN1CCN(c3cc(C#N)ccn3)CC1)C2=O. The van der Waals surface area contributed by atoms with Gasteiger partial charge in [0.05, 0.1) is 18.3 Å². The molecule has 2 saturated heterocycles. The molecule has 0 aromatic carbocycles. The maximum atomic E-state index is 13.1. The van der Waals surface area contributed by atoms with Crippen LogP contribution in [0.25, 0.3) is 0 Å². The number of pyridine rings is 1. The minimum absolute atomic E-state index is 0.0597. The highest BCUT2D eigenvalue weighted by molar-refractivity contribution is 6.07. The second kappa shape index (κ2) is 7.40. The summed E-state index contributed by atoms with van der Waals surface area (Å²) in [5, 5.41) is 12.1. The number of anilines is 1. The van der Waals surface area contributed by atoms with Gasteiger partial charge in [-0.05, 0) is 30.9 Å². The summed E-state index contributed by atoms with van der Waals surface area (Å²) >= 11 is 0. The molecule has 1 saturated carbocycles. The van der Waals surface area contributed by atoms with E-state index < -0.39 is 5.54 Å². The van der Waals surface area contributed by atoms with Crippen molar-refractivity contribution < 1.29 is 9.59 Å². The average Bonchev–Trinajstić information content (AvgIpc) is 2.96. The highest BCUT2D eigenvalue weighted by Gasteiger charge is 2.55. The summed E-state index contributed by atoms with van der Waals surface area (Å²) in [4.78, 5) is 35.7. The van der Waals surface area contributed by atoms with Gasteiger partial charge in [-0.25, -0.2) is 14.7 Å². The minimum atomic E-state index is -0.696. The fraction of sp³-hybridized carbons (Fsp3) is 0.600. The number of imide groups is 1. The zero-order valence-corrected chi connectivity index (χ0v) is 16.2. The number of hydrogen-bond donors (Lipinski definition) is 1. The van der Waals surface area contributed by atoms with Crippen molar-refractivity contribution in [3.05, 3.63) is 23.9 Å². The molecule has 2 atom stereocenters. The molecule has 3 heterocycles. The Hall–Kier alpha value is -2.66. The first-order valence-electron chi connectivity index (χ1n) is 10.0. The van der Waals surface area contributed by atoms with Gasteiger partial charge in [0, 0.05) is 32.4 Å². The van der Waals surface area contributed by atoms with Gasteiger partial charge in [-0.3, -0.25) is 9.69 Å². The van der Waals surface area contributed by atoms with Gasteiger partial charge in [0.25, 0.3) is 5.91 Å². The first-order valence-corrected chi connectivity index (χ1v) is 10.0. The summed E-state index contributed by atoms with van der Waals surface area (Å²) in [7, 11) is 0. The third kappa shape index (κ3) is 3.20. The Morgan fingerprint density at radius 1 is 1.29 bits per heavy atom. The van der Waals surface area contributed by atoms with E-state index in [2.05, 4.69) is 33.1 Å². The van der Waals surface area contributed by atoms with Gasteiger partial charge < -0.3 is 10.2 Å². The maximum absolute atomic E-state index is 13.1. The van der Waals surface area contributed by atoms with E-state index in [1.807, 2.05) is 0 Å². The van der Waals surface area contributed by atoms with Gasteiger partial charge in [-0.15, -0.1) is 0 Å². The molecular weight excluding hydrogens is 356 g/mol. The second-order valence-electron chi connectivity index (χ2n) is 8.04. The number of carbonyl (C=O) groups excluding carboxylic acids is 2. The van der Waals surface area contributed by atoms with E-state index in [1.54, 1.807) is 18.3 Å². The number of carbonyl (C=O) groups is 2. The Kier molecular flexibility index (Phi) is 4.94. The molecule has 8 nitrogen and oxygen atoms in total. The molecule has 4 rings (SSSR count). The molecule has 1 N–H and O–H groups in total. The Morgan fingerprint density at radius 2 is 2.07 bits per heavy atom. The van der Waals surface area contributed by atoms with E-state index in [-0.39, 0.29) is 17.9 Å². The zero-order valence-electron chi connectivity index (χ0n) is 16.2. The summed E-state index contributed by atoms with van der Waals surface area (Å²) in [6.07, 6.45) is 5.47. The van der Waals surface area contributed by atoms with Crippen LogP contribution < -0.4 is 10.2 Å². The van der Waals surface area contributed by atoms with Crippen LogP contribution in [0, 0.1) is 17.2 Å². The van der Waals surface area contributed by atoms with Crippen LogP contribution in [0.5, 0.6) is 0 Å². The van der Waals surface area contributed by atoms with Crippen LogP contribution in [0.4, 0.5) is 10.6 Å². The van der Waals surface area contributed by atoms with Crippen LogP contribution in [0.1, 0.15) is 38.2 Å². The molecule has 2 aliphatic heterocycles. The highest BCUT2D eigenvalue weighted by atomic mass is 16.2. The average molecular weight is 382 g/mol. The third-order valence-corrected chi connectivity index (χ3v) is 6.41. The Labute approximate surface area is 165 Å². The second-order valence-corrected chi connectivity index (χ2v) is 8.04. The van der Waals surface area contributed by atoms with Gasteiger partial charge in [0.15, 0.2) is 0 Å². The molecule has 0 bridgehead atoms. The lowest BCUT2D eigenvalue weighted by molar-refractivity contribution is -0.135. The predicted octanol–water partition coefficient (Wildman–Crippen LogP) is 1.53. The van der Waals surface area contributed by atoms with Crippen LogP contribution in [0.3, 0.4) is 0 Å². The lowest BCUT2D eigenvalue weighted by Crippen LogP contribution is -2.55. The predicted molar refractivity (Wildman–Crippen MR) is 103 cm³/mol. The normalized spacial score (nSPS) is 28.5. The van der Waals surface area contributed by atoms with Crippen molar-refractivity contribution in [2.24, 2.45) is 5.92 Å². The Morgan fingerprint density at radius 3 is 2.79 bits per heavy atom. The van der Waals surface area contributed by atoms with E-state index >= 15 is 0 Å².